The Balaban J connectivity index is 1.88. The van der Waals surface area contributed by atoms with Crippen LogP contribution < -0.4 is 10.9 Å². The van der Waals surface area contributed by atoms with Crippen molar-refractivity contribution in [1.82, 2.24) is 10.9 Å². The lowest BCUT2D eigenvalue weighted by Gasteiger charge is -2.11. The SMILES string of the molecule is O=C(NNC(=O)C1CCCO1)c1ccccc1F. The van der Waals surface area contributed by atoms with E-state index in [1.807, 2.05) is 0 Å². The second kappa shape index (κ2) is 5.59. The minimum absolute atomic E-state index is 0.120. The highest BCUT2D eigenvalue weighted by atomic mass is 19.1. The molecule has 5 nitrogen and oxygen atoms in total. The summed E-state index contributed by atoms with van der Waals surface area (Å²) in [5, 5.41) is 0. The number of rotatable bonds is 2. The Hall–Kier alpha value is -1.95. The molecule has 1 fully saturated rings. The molecule has 6 heteroatoms. The minimum atomic E-state index is -0.695. The molecule has 1 aromatic carbocycles. The average molecular weight is 252 g/mol. The molecule has 0 saturated carbocycles. The molecule has 1 unspecified atom stereocenters. The van der Waals surface area contributed by atoms with Gasteiger partial charge in [0.2, 0.25) is 0 Å². The van der Waals surface area contributed by atoms with E-state index in [1.54, 1.807) is 6.07 Å². The van der Waals surface area contributed by atoms with Gasteiger partial charge in [0.15, 0.2) is 0 Å². The maximum Gasteiger partial charge on any atom is 0.272 e. The molecule has 2 rings (SSSR count). The van der Waals surface area contributed by atoms with Gasteiger partial charge in [0.25, 0.3) is 11.8 Å². The smallest absolute Gasteiger partial charge is 0.272 e. The molecule has 2 amide bonds. The van der Waals surface area contributed by atoms with Crippen molar-refractivity contribution < 1.29 is 18.7 Å². The highest BCUT2D eigenvalue weighted by molar-refractivity contribution is 5.95. The summed E-state index contributed by atoms with van der Waals surface area (Å²) in [6.45, 7) is 0.541. The van der Waals surface area contributed by atoms with Crippen molar-refractivity contribution in [2.45, 2.75) is 18.9 Å². The molecule has 2 N–H and O–H groups in total. The second-order valence-electron chi connectivity index (χ2n) is 3.92. The molecular formula is C12H13FN2O3. The summed E-state index contributed by atoms with van der Waals surface area (Å²) < 4.78 is 18.4. The van der Waals surface area contributed by atoms with Crippen molar-refractivity contribution in [3.8, 4) is 0 Å². The normalized spacial score (nSPS) is 18.4. The molecule has 1 aliphatic heterocycles. The molecule has 0 aliphatic carbocycles. The Morgan fingerprint density at radius 2 is 2.06 bits per heavy atom. The van der Waals surface area contributed by atoms with Crippen molar-refractivity contribution in [3.63, 3.8) is 0 Å². The number of carbonyl (C=O) groups is 2. The third-order valence-electron chi connectivity index (χ3n) is 2.64. The molecule has 1 aliphatic rings. The van der Waals surface area contributed by atoms with Gasteiger partial charge in [-0.05, 0) is 25.0 Å². The first-order valence-corrected chi connectivity index (χ1v) is 5.65. The highest BCUT2D eigenvalue weighted by Gasteiger charge is 2.24. The third-order valence-corrected chi connectivity index (χ3v) is 2.64. The summed E-state index contributed by atoms with van der Waals surface area (Å²) in [4.78, 5) is 23.1. The van der Waals surface area contributed by atoms with Gasteiger partial charge in [-0.3, -0.25) is 20.4 Å². The summed E-state index contributed by atoms with van der Waals surface area (Å²) in [5.74, 6) is -1.75. The van der Waals surface area contributed by atoms with Crippen LogP contribution >= 0.6 is 0 Å². The molecule has 0 aromatic heterocycles. The number of ether oxygens (including phenoxy) is 1. The van der Waals surface area contributed by atoms with E-state index in [9.17, 15) is 14.0 Å². The number of halogens is 1. The van der Waals surface area contributed by atoms with Crippen molar-refractivity contribution >= 4 is 11.8 Å². The van der Waals surface area contributed by atoms with Crippen LogP contribution in [0.1, 0.15) is 23.2 Å². The Labute approximate surface area is 103 Å². The number of amides is 2. The summed E-state index contributed by atoms with van der Waals surface area (Å²) >= 11 is 0. The van der Waals surface area contributed by atoms with Crippen molar-refractivity contribution in [1.29, 1.82) is 0 Å². The van der Waals surface area contributed by atoms with Gasteiger partial charge in [-0.1, -0.05) is 12.1 Å². The molecule has 1 heterocycles. The van der Waals surface area contributed by atoms with Crippen LogP contribution in [-0.4, -0.2) is 24.5 Å². The molecule has 1 atom stereocenters. The van der Waals surface area contributed by atoms with Gasteiger partial charge in [0, 0.05) is 6.61 Å². The maximum absolute atomic E-state index is 13.3. The fourth-order valence-corrected chi connectivity index (χ4v) is 1.70. The number of hydrogen-bond acceptors (Lipinski definition) is 3. The average Bonchev–Trinajstić information content (AvgIpc) is 2.90. The van der Waals surface area contributed by atoms with Gasteiger partial charge in [-0.2, -0.15) is 0 Å². The summed E-state index contributed by atoms with van der Waals surface area (Å²) in [6, 6.07) is 5.54. The van der Waals surface area contributed by atoms with Crippen LogP contribution in [0, 0.1) is 5.82 Å². The number of carbonyl (C=O) groups excluding carboxylic acids is 2. The van der Waals surface area contributed by atoms with Crippen LogP contribution in [0.15, 0.2) is 24.3 Å². The standard InChI is InChI=1S/C12H13FN2O3/c13-9-5-2-1-4-8(9)11(16)14-15-12(17)10-6-3-7-18-10/h1-2,4-5,10H,3,6-7H2,(H,14,16)(H,15,17). The Morgan fingerprint density at radius 3 is 2.72 bits per heavy atom. The van der Waals surface area contributed by atoms with E-state index >= 15 is 0 Å². The van der Waals surface area contributed by atoms with Gasteiger partial charge in [-0.25, -0.2) is 4.39 Å². The third kappa shape index (κ3) is 2.84. The van der Waals surface area contributed by atoms with Crippen LogP contribution in [0.3, 0.4) is 0 Å². The van der Waals surface area contributed by atoms with E-state index in [4.69, 9.17) is 4.74 Å². The predicted molar refractivity (Wildman–Crippen MR) is 61.0 cm³/mol. The van der Waals surface area contributed by atoms with Gasteiger partial charge < -0.3 is 4.74 Å². The quantitative estimate of drug-likeness (QED) is 0.764. The first kappa shape index (κ1) is 12.5. The lowest BCUT2D eigenvalue weighted by molar-refractivity contribution is -0.130. The Morgan fingerprint density at radius 1 is 1.28 bits per heavy atom. The Kier molecular flexibility index (Phi) is 3.88. The van der Waals surface area contributed by atoms with Crippen LogP contribution in [-0.2, 0) is 9.53 Å². The van der Waals surface area contributed by atoms with E-state index in [0.717, 1.165) is 6.42 Å². The summed E-state index contributed by atoms with van der Waals surface area (Å²) in [7, 11) is 0. The summed E-state index contributed by atoms with van der Waals surface area (Å²) in [5.41, 5.74) is 4.26. The Bertz CT molecular complexity index is 458. The highest BCUT2D eigenvalue weighted by Crippen LogP contribution is 2.11. The lowest BCUT2D eigenvalue weighted by Crippen LogP contribution is -2.46. The zero-order valence-electron chi connectivity index (χ0n) is 9.61. The maximum atomic E-state index is 13.3. The predicted octanol–water partition coefficient (Wildman–Crippen LogP) is 0.766. The van der Waals surface area contributed by atoms with Crippen LogP contribution in [0.2, 0.25) is 0 Å². The number of hydrogen-bond donors (Lipinski definition) is 2. The first-order valence-electron chi connectivity index (χ1n) is 5.65. The summed E-state index contributed by atoms with van der Waals surface area (Å²) in [6.07, 6.45) is 0.909. The topological polar surface area (TPSA) is 67.4 Å². The molecule has 1 aromatic rings. The molecule has 0 radical (unpaired) electrons. The molecule has 1 saturated heterocycles. The van der Waals surface area contributed by atoms with Crippen LogP contribution in [0.25, 0.3) is 0 Å². The number of benzene rings is 1. The van der Waals surface area contributed by atoms with Crippen molar-refractivity contribution in [2.75, 3.05) is 6.61 Å². The van der Waals surface area contributed by atoms with Gasteiger partial charge >= 0.3 is 0 Å². The van der Waals surface area contributed by atoms with Gasteiger partial charge in [0.05, 0.1) is 5.56 Å². The van der Waals surface area contributed by atoms with E-state index in [1.165, 1.54) is 18.2 Å². The minimum Gasteiger partial charge on any atom is -0.368 e. The fourth-order valence-electron chi connectivity index (χ4n) is 1.70. The molecule has 96 valence electrons. The van der Waals surface area contributed by atoms with E-state index in [0.29, 0.717) is 13.0 Å². The lowest BCUT2D eigenvalue weighted by atomic mass is 10.2. The largest absolute Gasteiger partial charge is 0.368 e. The van der Waals surface area contributed by atoms with E-state index in [-0.39, 0.29) is 5.56 Å². The van der Waals surface area contributed by atoms with Gasteiger partial charge in [0.1, 0.15) is 11.9 Å². The molecular weight excluding hydrogens is 239 g/mol. The van der Waals surface area contributed by atoms with Crippen molar-refractivity contribution in [3.05, 3.63) is 35.6 Å². The van der Waals surface area contributed by atoms with Crippen molar-refractivity contribution in [2.24, 2.45) is 0 Å². The van der Waals surface area contributed by atoms with Crippen LogP contribution in [0.4, 0.5) is 4.39 Å². The second-order valence-corrected chi connectivity index (χ2v) is 3.92. The van der Waals surface area contributed by atoms with E-state index in [2.05, 4.69) is 10.9 Å². The van der Waals surface area contributed by atoms with Gasteiger partial charge in [-0.15, -0.1) is 0 Å². The molecule has 0 spiro atoms. The van der Waals surface area contributed by atoms with Crippen LogP contribution in [0.5, 0.6) is 0 Å². The fraction of sp³-hybridized carbons (Fsp3) is 0.333. The van der Waals surface area contributed by atoms with E-state index < -0.39 is 23.7 Å². The zero-order valence-corrected chi connectivity index (χ0v) is 9.61. The number of nitrogens with one attached hydrogen (secondary N) is 2. The number of hydrazine groups is 1. The monoisotopic (exact) mass is 252 g/mol. The first-order chi connectivity index (χ1) is 8.68. The zero-order chi connectivity index (χ0) is 13.0. The molecule has 18 heavy (non-hydrogen) atoms. The molecule has 0 bridgehead atoms.